The van der Waals surface area contributed by atoms with Crippen molar-refractivity contribution >= 4 is 22.9 Å². The molecule has 0 fully saturated rings. The predicted molar refractivity (Wildman–Crippen MR) is 69.1 cm³/mol. The van der Waals surface area contributed by atoms with E-state index in [4.69, 9.17) is 4.42 Å². The number of hydrogen-bond acceptors (Lipinski definition) is 5. The van der Waals surface area contributed by atoms with Crippen molar-refractivity contribution in [1.82, 2.24) is 10.0 Å². The van der Waals surface area contributed by atoms with Crippen molar-refractivity contribution in [2.45, 2.75) is 23.8 Å². The number of fused-ring (bicyclic) bond motifs is 2. The van der Waals surface area contributed by atoms with Crippen molar-refractivity contribution in [3.05, 3.63) is 28.2 Å². The van der Waals surface area contributed by atoms with Crippen LogP contribution >= 0.6 is 11.8 Å². The SMILES string of the molecule is CN(O)C1CCCSc2cc3oc(=O)[nH]c3cc21. The Kier molecular flexibility index (Phi) is 2.93. The van der Waals surface area contributed by atoms with Crippen molar-refractivity contribution in [2.24, 2.45) is 0 Å². The lowest BCUT2D eigenvalue weighted by atomic mass is 10.0. The van der Waals surface area contributed by atoms with Crippen molar-refractivity contribution in [3.8, 4) is 0 Å². The predicted octanol–water partition coefficient (Wildman–Crippen LogP) is 2.37. The molecule has 5 nitrogen and oxygen atoms in total. The molecule has 1 aromatic heterocycles. The van der Waals surface area contributed by atoms with E-state index in [0.717, 1.165) is 29.1 Å². The van der Waals surface area contributed by atoms with E-state index in [0.29, 0.717) is 11.1 Å². The zero-order valence-corrected chi connectivity index (χ0v) is 10.8. The van der Waals surface area contributed by atoms with Gasteiger partial charge in [-0.05, 0) is 36.3 Å². The van der Waals surface area contributed by atoms with Crippen LogP contribution in [0.15, 0.2) is 26.2 Å². The molecule has 0 radical (unpaired) electrons. The monoisotopic (exact) mass is 266 g/mol. The van der Waals surface area contributed by atoms with Crippen molar-refractivity contribution in [3.63, 3.8) is 0 Å². The summed E-state index contributed by atoms with van der Waals surface area (Å²) in [4.78, 5) is 14.9. The molecular formula is C12H14N2O3S. The van der Waals surface area contributed by atoms with Gasteiger partial charge in [-0.3, -0.25) is 4.98 Å². The Hall–Kier alpha value is -1.24. The fourth-order valence-corrected chi connectivity index (χ4v) is 3.47. The summed E-state index contributed by atoms with van der Waals surface area (Å²) in [5, 5.41) is 11.0. The number of aromatic amines is 1. The number of H-pyrrole nitrogens is 1. The van der Waals surface area contributed by atoms with E-state index < -0.39 is 5.76 Å². The second-order valence-corrected chi connectivity index (χ2v) is 5.62. The standard InChI is InChI=1S/C12H14N2O3S/c1-14(16)9-3-2-4-18-11-6-10-8(5-7(9)11)13-12(15)17-10/h5-6,9,16H,2-4H2,1H3,(H,13,15). The normalized spacial score (nSPS) is 20.1. The highest BCUT2D eigenvalue weighted by atomic mass is 32.2. The lowest BCUT2D eigenvalue weighted by Crippen LogP contribution is -2.20. The van der Waals surface area contributed by atoms with Crippen LogP contribution in [0.25, 0.3) is 11.1 Å². The highest BCUT2D eigenvalue weighted by Crippen LogP contribution is 2.38. The van der Waals surface area contributed by atoms with Crippen molar-refractivity contribution in [2.75, 3.05) is 12.8 Å². The van der Waals surface area contributed by atoms with E-state index in [9.17, 15) is 10.0 Å². The van der Waals surface area contributed by atoms with Gasteiger partial charge in [-0.2, -0.15) is 5.06 Å². The van der Waals surface area contributed by atoms with Gasteiger partial charge in [0.1, 0.15) is 0 Å². The molecule has 0 saturated heterocycles. The summed E-state index contributed by atoms with van der Waals surface area (Å²) in [6.45, 7) is 0. The van der Waals surface area contributed by atoms with Crippen LogP contribution in [0.5, 0.6) is 0 Å². The first-order valence-electron chi connectivity index (χ1n) is 5.86. The molecule has 1 unspecified atom stereocenters. The van der Waals surface area contributed by atoms with Crippen LogP contribution < -0.4 is 5.76 Å². The average Bonchev–Trinajstić information content (AvgIpc) is 2.54. The van der Waals surface area contributed by atoms with Gasteiger partial charge < -0.3 is 9.62 Å². The number of aromatic nitrogens is 1. The number of thioether (sulfide) groups is 1. The Morgan fingerprint density at radius 2 is 2.39 bits per heavy atom. The Bertz CT molecular complexity index is 632. The molecule has 1 aliphatic rings. The minimum Gasteiger partial charge on any atom is -0.408 e. The number of nitrogens with one attached hydrogen (secondary N) is 1. The van der Waals surface area contributed by atoms with E-state index in [1.165, 1.54) is 5.06 Å². The molecular weight excluding hydrogens is 252 g/mol. The number of rotatable bonds is 1. The van der Waals surface area contributed by atoms with Crippen LogP contribution in [0.4, 0.5) is 0 Å². The third kappa shape index (κ3) is 1.96. The summed E-state index contributed by atoms with van der Waals surface area (Å²) in [7, 11) is 1.66. The van der Waals surface area contributed by atoms with Gasteiger partial charge in [-0.15, -0.1) is 11.8 Å². The van der Waals surface area contributed by atoms with Gasteiger partial charge in [0.2, 0.25) is 0 Å². The molecule has 6 heteroatoms. The molecule has 96 valence electrons. The Balaban J connectivity index is 2.20. The zero-order valence-electron chi connectivity index (χ0n) is 9.97. The van der Waals surface area contributed by atoms with Gasteiger partial charge in [-0.1, -0.05) is 0 Å². The molecule has 1 atom stereocenters. The van der Waals surface area contributed by atoms with Crippen LogP contribution in [-0.4, -0.2) is 28.1 Å². The third-order valence-corrected chi connectivity index (χ3v) is 4.40. The van der Waals surface area contributed by atoms with Crippen LogP contribution in [0, 0.1) is 0 Å². The Morgan fingerprint density at radius 3 is 3.17 bits per heavy atom. The molecule has 1 aliphatic heterocycles. The summed E-state index contributed by atoms with van der Waals surface area (Å²) in [5.74, 6) is 0.571. The molecule has 2 N–H and O–H groups in total. The highest BCUT2D eigenvalue weighted by molar-refractivity contribution is 7.99. The van der Waals surface area contributed by atoms with Crippen LogP contribution in [0.2, 0.25) is 0 Å². The topological polar surface area (TPSA) is 69.5 Å². The first kappa shape index (κ1) is 11.8. The molecule has 0 aliphatic carbocycles. The first-order chi connectivity index (χ1) is 8.65. The lowest BCUT2D eigenvalue weighted by Gasteiger charge is -2.22. The fraction of sp³-hybridized carbons (Fsp3) is 0.417. The van der Waals surface area contributed by atoms with Gasteiger partial charge in [0.15, 0.2) is 5.58 Å². The van der Waals surface area contributed by atoms with E-state index in [1.807, 2.05) is 12.1 Å². The second-order valence-electron chi connectivity index (χ2n) is 4.48. The number of benzene rings is 1. The quantitative estimate of drug-likeness (QED) is 0.775. The molecule has 0 amide bonds. The van der Waals surface area contributed by atoms with Crippen molar-refractivity contribution in [1.29, 1.82) is 0 Å². The Labute approximate surface area is 108 Å². The number of oxazole rings is 1. The summed E-state index contributed by atoms with van der Waals surface area (Å²) in [5.41, 5.74) is 2.31. The summed E-state index contributed by atoms with van der Waals surface area (Å²) >= 11 is 1.74. The summed E-state index contributed by atoms with van der Waals surface area (Å²) in [6, 6.07) is 3.76. The van der Waals surface area contributed by atoms with Gasteiger partial charge in [0.05, 0.1) is 11.6 Å². The molecule has 2 heterocycles. The maximum absolute atomic E-state index is 11.2. The van der Waals surface area contributed by atoms with Crippen LogP contribution in [-0.2, 0) is 0 Å². The molecule has 2 aromatic rings. The fourth-order valence-electron chi connectivity index (χ4n) is 2.38. The Morgan fingerprint density at radius 1 is 1.56 bits per heavy atom. The van der Waals surface area contributed by atoms with E-state index >= 15 is 0 Å². The minimum atomic E-state index is -0.441. The smallest absolute Gasteiger partial charge is 0.408 e. The number of hydrogen-bond donors (Lipinski definition) is 2. The molecule has 0 spiro atoms. The van der Waals surface area contributed by atoms with Gasteiger partial charge >= 0.3 is 5.76 Å². The van der Waals surface area contributed by atoms with Crippen LogP contribution in [0.1, 0.15) is 24.4 Å². The van der Waals surface area contributed by atoms with Crippen molar-refractivity contribution < 1.29 is 9.62 Å². The van der Waals surface area contributed by atoms with E-state index in [1.54, 1.807) is 18.8 Å². The lowest BCUT2D eigenvalue weighted by molar-refractivity contribution is -0.107. The number of nitrogens with zero attached hydrogens (tertiary/aromatic N) is 1. The number of hydroxylamine groups is 2. The summed E-state index contributed by atoms with van der Waals surface area (Å²) < 4.78 is 5.07. The first-order valence-corrected chi connectivity index (χ1v) is 6.85. The highest BCUT2D eigenvalue weighted by Gasteiger charge is 2.23. The maximum atomic E-state index is 11.2. The zero-order chi connectivity index (χ0) is 12.7. The minimum absolute atomic E-state index is 0.0298. The van der Waals surface area contributed by atoms with E-state index in [-0.39, 0.29) is 6.04 Å². The second kappa shape index (κ2) is 4.46. The molecule has 3 rings (SSSR count). The molecule has 18 heavy (non-hydrogen) atoms. The average molecular weight is 266 g/mol. The maximum Gasteiger partial charge on any atom is 0.417 e. The molecule has 1 aromatic carbocycles. The van der Waals surface area contributed by atoms with E-state index in [2.05, 4.69) is 4.98 Å². The molecule has 0 bridgehead atoms. The van der Waals surface area contributed by atoms with Gasteiger partial charge in [0, 0.05) is 11.9 Å². The van der Waals surface area contributed by atoms with Gasteiger partial charge in [-0.25, -0.2) is 4.79 Å². The molecule has 0 saturated carbocycles. The van der Waals surface area contributed by atoms with Gasteiger partial charge in [0.25, 0.3) is 0 Å². The largest absolute Gasteiger partial charge is 0.417 e. The van der Waals surface area contributed by atoms with Crippen LogP contribution in [0.3, 0.4) is 0 Å². The summed E-state index contributed by atoms with van der Waals surface area (Å²) in [6.07, 6.45) is 1.95. The third-order valence-electron chi connectivity index (χ3n) is 3.24.